The van der Waals surface area contributed by atoms with Crippen LogP contribution in [-0.2, 0) is 24.3 Å². The third-order valence-electron chi connectivity index (χ3n) is 3.93. The first-order valence-electron chi connectivity index (χ1n) is 8.02. The average molecular weight is 465 g/mol. The number of rotatable bonds is 7. The van der Waals surface area contributed by atoms with Gasteiger partial charge in [-0.1, -0.05) is 22.0 Å². The molecule has 1 amide bonds. The van der Waals surface area contributed by atoms with Crippen LogP contribution in [0.15, 0.2) is 33.6 Å². The van der Waals surface area contributed by atoms with Crippen LogP contribution in [0.1, 0.15) is 6.42 Å². The van der Waals surface area contributed by atoms with E-state index < -0.39 is 10.0 Å². The number of hydrogen-bond donors (Lipinski definition) is 0. The first-order valence-corrected chi connectivity index (χ1v) is 11.4. The summed E-state index contributed by atoms with van der Waals surface area (Å²) in [6.07, 6.45) is 0.319. The number of carbonyl (C=O) groups is 2. The quantitative estimate of drug-likeness (QED) is 0.449. The maximum atomic E-state index is 12.7. The highest BCUT2D eigenvalue weighted by molar-refractivity contribution is 9.10. The summed E-state index contributed by atoms with van der Waals surface area (Å²) in [5.74, 6) is 0.420. The Bertz CT molecular complexity index is 749. The van der Waals surface area contributed by atoms with Crippen LogP contribution in [0.3, 0.4) is 0 Å². The van der Waals surface area contributed by atoms with E-state index >= 15 is 0 Å². The number of amides is 1. The van der Waals surface area contributed by atoms with Gasteiger partial charge < -0.3 is 9.64 Å². The van der Waals surface area contributed by atoms with Crippen LogP contribution in [0.2, 0.25) is 0 Å². The maximum absolute atomic E-state index is 12.7. The molecule has 0 atom stereocenters. The summed E-state index contributed by atoms with van der Waals surface area (Å²) in [5.41, 5.74) is 0. The molecular formula is C16H21BrN2O5S2. The summed E-state index contributed by atoms with van der Waals surface area (Å²) in [6, 6.07) is 6.60. The second-order valence-electron chi connectivity index (χ2n) is 5.62. The molecule has 0 spiro atoms. The molecule has 0 radical (unpaired) electrons. The highest BCUT2D eigenvalue weighted by Gasteiger charge is 2.30. The number of thioether (sulfide) groups is 1. The van der Waals surface area contributed by atoms with Gasteiger partial charge in [-0.3, -0.25) is 9.59 Å². The van der Waals surface area contributed by atoms with Crippen molar-refractivity contribution in [2.24, 2.45) is 0 Å². The van der Waals surface area contributed by atoms with E-state index in [1.165, 1.54) is 23.2 Å². The molecule has 1 aliphatic heterocycles. The van der Waals surface area contributed by atoms with E-state index in [1.54, 1.807) is 29.2 Å². The van der Waals surface area contributed by atoms with E-state index in [0.29, 0.717) is 29.7 Å². The highest BCUT2D eigenvalue weighted by Crippen LogP contribution is 2.21. The van der Waals surface area contributed by atoms with E-state index in [0.717, 1.165) is 0 Å². The molecule has 144 valence electrons. The molecule has 1 aromatic carbocycles. The van der Waals surface area contributed by atoms with Crippen molar-refractivity contribution in [3.63, 3.8) is 0 Å². The van der Waals surface area contributed by atoms with Crippen molar-refractivity contribution in [2.75, 3.05) is 44.8 Å². The lowest BCUT2D eigenvalue weighted by atomic mass is 10.3. The molecule has 0 aliphatic carbocycles. The van der Waals surface area contributed by atoms with Crippen molar-refractivity contribution in [1.29, 1.82) is 0 Å². The topological polar surface area (TPSA) is 84.0 Å². The van der Waals surface area contributed by atoms with Crippen molar-refractivity contribution in [2.45, 2.75) is 11.3 Å². The average Bonchev–Trinajstić information content (AvgIpc) is 2.65. The van der Waals surface area contributed by atoms with Gasteiger partial charge in [0.15, 0.2) is 0 Å². The second-order valence-corrected chi connectivity index (χ2v) is 9.58. The number of benzene rings is 1. The Balaban J connectivity index is 1.83. The van der Waals surface area contributed by atoms with E-state index in [1.807, 2.05) is 0 Å². The van der Waals surface area contributed by atoms with Crippen LogP contribution in [-0.4, -0.2) is 74.3 Å². The minimum Gasteiger partial charge on any atom is -0.468 e. The Morgan fingerprint density at radius 2 is 1.92 bits per heavy atom. The highest BCUT2D eigenvalue weighted by atomic mass is 79.9. The minimum atomic E-state index is -3.56. The van der Waals surface area contributed by atoms with Gasteiger partial charge in [-0.05, 0) is 18.2 Å². The first kappa shape index (κ1) is 21.2. The number of esters is 1. The molecule has 26 heavy (non-hydrogen) atoms. The predicted octanol–water partition coefficient (Wildman–Crippen LogP) is 1.58. The summed E-state index contributed by atoms with van der Waals surface area (Å²) in [5, 5.41) is 0. The fourth-order valence-corrected chi connectivity index (χ4v) is 5.25. The van der Waals surface area contributed by atoms with Gasteiger partial charge in [0.05, 0.1) is 17.8 Å². The van der Waals surface area contributed by atoms with Crippen molar-refractivity contribution in [3.05, 3.63) is 28.7 Å². The zero-order valence-corrected chi connectivity index (χ0v) is 17.6. The minimum absolute atomic E-state index is 0.0260. The normalized spacial score (nSPS) is 15.7. The monoisotopic (exact) mass is 464 g/mol. The largest absolute Gasteiger partial charge is 0.468 e. The molecule has 1 heterocycles. The van der Waals surface area contributed by atoms with E-state index in [4.69, 9.17) is 0 Å². The number of piperazine rings is 1. The summed E-state index contributed by atoms with van der Waals surface area (Å²) in [4.78, 5) is 25.1. The number of halogens is 1. The van der Waals surface area contributed by atoms with Crippen LogP contribution in [0, 0.1) is 0 Å². The summed E-state index contributed by atoms with van der Waals surface area (Å²) in [6.45, 7) is 1.28. The Hall–Kier alpha value is -1.10. The second kappa shape index (κ2) is 9.72. The smallest absolute Gasteiger partial charge is 0.315 e. The van der Waals surface area contributed by atoms with Gasteiger partial charge in [0.2, 0.25) is 15.9 Å². The molecule has 1 aliphatic rings. The number of methoxy groups -OCH3 is 1. The molecule has 0 aromatic heterocycles. The molecule has 0 saturated carbocycles. The fourth-order valence-electron chi connectivity index (χ4n) is 2.49. The molecule has 1 saturated heterocycles. The summed E-state index contributed by atoms with van der Waals surface area (Å²) >= 11 is 4.63. The van der Waals surface area contributed by atoms with Gasteiger partial charge in [0.1, 0.15) is 0 Å². The maximum Gasteiger partial charge on any atom is 0.315 e. The molecule has 1 aromatic rings. The molecule has 0 N–H and O–H groups in total. The Morgan fingerprint density at radius 3 is 2.54 bits per heavy atom. The number of sulfonamides is 1. The van der Waals surface area contributed by atoms with Gasteiger partial charge in [0, 0.05) is 42.8 Å². The zero-order chi connectivity index (χ0) is 19.2. The van der Waals surface area contributed by atoms with Crippen molar-refractivity contribution < 1.29 is 22.7 Å². The van der Waals surface area contributed by atoms with Crippen LogP contribution < -0.4 is 0 Å². The molecule has 7 nitrogen and oxygen atoms in total. The Labute approximate surface area is 166 Å². The number of hydrogen-bond acceptors (Lipinski definition) is 6. The molecule has 1 fully saturated rings. The van der Waals surface area contributed by atoms with E-state index in [9.17, 15) is 18.0 Å². The predicted molar refractivity (Wildman–Crippen MR) is 103 cm³/mol. The van der Waals surface area contributed by atoms with E-state index in [-0.39, 0.29) is 35.6 Å². The third-order valence-corrected chi connectivity index (χ3v) is 7.25. The third kappa shape index (κ3) is 5.70. The summed E-state index contributed by atoms with van der Waals surface area (Å²) in [7, 11) is -2.23. The standard InChI is InChI=1S/C16H21BrN2O5S2/c1-24-16(21)12-25-10-5-15(20)18-6-8-19(9-7-18)26(22,23)14-4-2-3-13(17)11-14/h2-4,11H,5-10,12H2,1H3. The lowest BCUT2D eigenvalue weighted by Crippen LogP contribution is -2.50. The van der Waals surface area contributed by atoms with Gasteiger partial charge in [-0.15, -0.1) is 11.8 Å². The Morgan fingerprint density at radius 1 is 1.23 bits per heavy atom. The lowest BCUT2D eigenvalue weighted by molar-refractivity contribution is -0.137. The molecule has 0 unspecified atom stereocenters. The fraction of sp³-hybridized carbons (Fsp3) is 0.500. The molecule has 0 bridgehead atoms. The first-order chi connectivity index (χ1) is 12.3. The SMILES string of the molecule is COC(=O)CSCCC(=O)N1CCN(S(=O)(=O)c2cccc(Br)c2)CC1. The number of ether oxygens (including phenoxy) is 1. The van der Waals surface area contributed by atoms with Gasteiger partial charge in [-0.2, -0.15) is 4.31 Å². The Kier molecular flexibility index (Phi) is 7.93. The van der Waals surface area contributed by atoms with Crippen LogP contribution >= 0.6 is 27.7 Å². The van der Waals surface area contributed by atoms with Gasteiger partial charge in [-0.25, -0.2) is 8.42 Å². The number of nitrogens with zero attached hydrogens (tertiary/aromatic N) is 2. The molecular weight excluding hydrogens is 444 g/mol. The van der Waals surface area contributed by atoms with Crippen molar-refractivity contribution in [1.82, 2.24) is 9.21 Å². The lowest BCUT2D eigenvalue weighted by Gasteiger charge is -2.34. The van der Waals surface area contributed by atoms with Gasteiger partial charge in [0.25, 0.3) is 0 Å². The molecule has 10 heteroatoms. The zero-order valence-electron chi connectivity index (χ0n) is 14.4. The number of carbonyl (C=O) groups excluding carboxylic acids is 2. The van der Waals surface area contributed by atoms with Crippen LogP contribution in [0.25, 0.3) is 0 Å². The van der Waals surface area contributed by atoms with Crippen molar-refractivity contribution in [3.8, 4) is 0 Å². The van der Waals surface area contributed by atoms with Crippen LogP contribution in [0.4, 0.5) is 0 Å². The van der Waals surface area contributed by atoms with Gasteiger partial charge >= 0.3 is 5.97 Å². The van der Waals surface area contributed by atoms with E-state index in [2.05, 4.69) is 20.7 Å². The summed E-state index contributed by atoms with van der Waals surface area (Å²) < 4.78 is 32.0. The van der Waals surface area contributed by atoms with Crippen LogP contribution in [0.5, 0.6) is 0 Å². The van der Waals surface area contributed by atoms with Crippen molar-refractivity contribution >= 4 is 49.6 Å². The molecule has 2 rings (SSSR count).